The molecule has 1 heterocycles. The number of amides is 2. The lowest BCUT2D eigenvalue weighted by molar-refractivity contribution is -0.129. The standard InChI is InChI=1S/C17H18ClN3O2/c18-14-3-1-2-12(6-14)15(8-19)20-17(23)13-7-16(22)21(10-13)9-11-4-5-11/h1-3,6,11,13,15H,4-5,7,9-10H2,(H,20,23)/t13-,15+/m0/s1. The van der Waals surface area contributed by atoms with E-state index in [9.17, 15) is 14.9 Å². The highest BCUT2D eigenvalue weighted by Gasteiger charge is 2.37. The molecule has 0 bridgehead atoms. The van der Waals surface area contributed by atoms with Gasteiger partial charge in [-0.2, -0.15) is 5.26 Å². The highest BCUT2D eigenvalue weighted by molar-refractivity contribution is 6.30. The van der Waals surface area contributed by atoms with Crippen molar-refractivity contribution in [3.05, 3.63) is 34.9 Å². The third kappa shape index (κ3) is 3.83. The SMILES string of the molecule is N#C[C@@H](NC(=O)[C@H]1CC(=O)N(CC2CC2)C1)c1cccc(Cl)c1. The summed E-state index contributed by atoms with van der Waals surface area (Å²) in [5.41, 5.74) is 0.646. The second-order valence-corrected chi connectivity index (χ2v) is 6.71. The molecule has 1 aliphatic carbocycles. The quantitative estimate of drug-likeness (QED) is 0.899. The minimum absolute atomic E-state index is 0.0355. The van der Waals surface area contributed by atoms with Gasteiger partial charge in [0.05, 0.1) is 12.0 Å². The van der Waals surface area contributed by atoms with Crippen LogP contribution in [-0.4, -0.2) is 29.8 Å². The molecular formula is C17H18ClN3O2. The monoisotopic (exact) mass is 331 g/mol. The summed E-state index contributed by atoms with van der Waals surface area (Å²) in [7, 11) is 0. The largest absolute Gasteiger partial charge is 0.342 e. The van der Waals surface area contributed by atoms with E-state index in [1.54, 1.807) is 29.2 Å². The summed E-state index contributed by atoms with van der Waals surface area (Å²) in [6.07, 6.45) is 2.57. The molecular weight excluding hydrogens is 314 g/mol. The fourth-order valence-electron chi connectivity index (χ4n) is 2.87. The van der Waals surface area contributed by atoms with Crippen molar-refractivity contribution >= 4 is 23.4 Å². The molecule has 6 heteroatoms. The second kappa shape index (κ2) is 6.59. The fourth-order valence-corrected chi connectivity index (χ4v) is 3.07. The van der Waals surface area contributed by atoms with Crippen LogP contribution >= 0.6 is 11.6 Å². The van der Waals surface area contributed by atoms with Crippen molar-refractivity contribution < 1.29 is 9.59 Å². The van der Waals surface area contributed by atoms with Gasteiger partial charge in [-0.1, -0.05) is 23.7 Å². The van der Waals surface area contributed by atoms with Crippen LogP contribution in [0.2, 0.25) is 5.02 Å². The number of likely N-dealkylation sites (tertiary alicyclic amines) is 1. The normalized spacial score (nSPS) is 21.8. The van der Waals surface area contributed by atoms with Crippen molar-refractivity contribution in [1.82, 2.24) is 10.2 Å². The van der Waals surface area contributed by atoms with Gasteiger partial charge >= 0.3 is 0 Å². The summed E-state index contributed by atoms with van der Waals surface area (Å²) < 4.78 is 0. The summed E-state index contributed by atoms with van der Waals surface area (Å²) in [4.78, 5) is 26.2. The Morgan fingerprint density at radius 3 is 2.91 bits per heavy atom. The van der Waals surface area contributed by atoms with Crippen molar-refractivity contribution in [2.24, 2.45) is 11.8 Å². The molecule has 2 atom stereocenters. The van der Waals surface area contributed by atoms with Crippen molar-refractivity contribution in [1.29, 1.82) is 5.26 Å². The van der Waals surface area contributed by atoms with Gasteiger partial charge in [-0.05, 0) is 36.5 Å². The first-order valence-corrected chi connectivity index (χ1v) is 8.18. The van der Waals surface area contributed by atoms with Gasteiger partial charge in [-0.25, -0.2) is 0 Å². The van der Waals surface area contributed by atoms with Crippen LogP contribution in [-0.2, 0) is 9.59 Å². The van der Waals surface area contributed by atoms with Crippen molar-refractivity contribution in [2.75, 3.05) is 13.1 Å². The molecule has 0 aromatic heterocycles. The maximum atomic E-state index is 12.4. The summed E-state index contributed by atoms with van der Waals surface area (Å²) >= 11 is 5.93. The molecule has 0 spiro atoms. The second-order valence-electron chi connectivity index (χ2n) is 6.27. The Morgan fingerprint density at radius 2 is 2.26 bits per heavy atom. The maximum Gasteiger partial charge on any atom is 0.226 e. The Kier molecular flexibility index (Phi) is 4.53. The van der Waals surface area contributed by atoms with E-state index in [0.29, 0.717) is 23.0 Å². The molecule has 3 rings (SSSR count). The first-order valence-electron chi connectivity index (χ1n) is 7.80. The van der Waals surface area contributed by atoms with Crippen LogP contribution in [0.4, 0.5) is 0 Å². The highest BCUT2D eigenvalue weighted by atomic mass is 35.5. The number of hydrogen-bond acceptors (Lipinski definition) is 3. The minimum Gasteiger partial charge on any atom is -0.342 e. The number of halogens is 1. The molecule has 1 N–H and O–H groups in total. The summed E-state index contributed by atoms with van der Waals surface area (Å²) in [6, 6.07) is 8.19. The molecule has 1 aliphatic heterocycles. The Bertz CT molecular complexity index is 666. The first kappa shape index (κ1) is 15.8. The van der Waals surface area contributed by atoms with Crippen molar-refractivity contribution in [3.63, 3.8) is 0 Å². The number of nitriles is 1. The van der Waals surface area contributed by atoms with E-state index < -0.39 is 6.04 Å². The number of carbonyl (C=O) groups is 2. The van der Waals surface area contributed by atoms with Gasteiger partial charge in [0.2, 0.25) is 11.8 Å². The Hall–Kier alpha value is -2.06. The smallest absolute Gasteiger partial charge is 0.226 e. The number of rotatable bonds is 5. The molecule has 2 fully saturated rings. The molecule has 5 nitrogen and oxygen atoms in total. The van der Waals surface area contributed by atoms with Gasteiger partial charge < -0.3 is 10.2 Å². The lowest BCUT2D eigenvalue weighted by Crippen LogP contribution is -2.35. The topological polar surface area (TPSA) is 73.2 Å². The van der Waals surface area contributed by atoms with Gasteiger partial charge in [-0.15, -0.1) is 0 Å². The lowest BCUT2D eigenvalue weighted by Gasteiger charge is -2.17. The minimum atomic E-state index is -0.756. The van der Waals surface area contributed by atoms with Crippen LogP contribution in [0.5, 0.6) is 0 Å². The van der Waals surface area contributed by atoms with Gasteiger partial charge in [-0.3, -0.25) is 9.59 Å². The molecule has 1 saturated heterocycles. The molecule has 120 valence electrons. The Labute approximate surface area is 140 Å². The van der Waals surface area contributed by atoms with Crippen LogP contribution in [0.15, 0.2) is 24.3 Å². The first-order chi connectivity index (χ1) is 11.1. The van der Waals surface area contributed by atoms with Crippen molar-refractivity contribution in [2.45, 2.75) is 25.3 Å². The molecule has 23 heavy (non-hydrogen) atoms. The van der Waals surface area contributed by atoms with E-state index in [2.05, 4.69) is 11.4 Å². The molecule has 2 aliphatic rings. The molecule has 1 aromatic rings. The fraction of sp³-hybridized carbons (Fsp3) is 0.471. The molecule has 0 radical (unpaired) electrons. The zero-order valence-electron chi connectivity index (χ0n) is 12.7. The zero-order valence-corrected chi connectivity index (χ0v) is 13.4. The third-order valence-electron chi connectivity index (χ3n) is 4.36. The van der Waals surface area contributed by atoms with Crippen molar-refractivity contribution in [3.8, 4) is 6.07 Å². The maximum absolute atomic E-state index is 12.4. The molecule has 0 unspecified atom stereocenters. The van der Waals surface area contributed by atoms with Crippen LogP contribution in [0, 0.1) is 23.2 Å². The van der Waals surface area contributed by atoms with Gasteiger partial charge in [0.25, 0.3) is 0 Å². The van der Waals surface area contributed by atoms with Gasteiger partial charge in [0.1, 0.15) is 6.04 Å². The predicted molar refractivity (Wildman–Crippen MR) is 85.4 cm³/mol. The predicted octanol–water partition coefficient (Wildman–Crippen LogP) is 2.28. The molecule has 1 aromatic carbocycles. The average Bonchev–Trinajstić information content (AvgIpc) is 3.27. The van der Waals surface area contributed by atoms with Gasteiger partial charge in [0.15, 0.2) is 0 Å². The van der Waals surface area contributed by atoms with Crippen LogP contribution < -0.4 is 5.32 Å². The Morgan fingerprint density at radius 1 is 1.48 bits per heavy atom. The van der Waals surface area contributed by atoms with E-state index >= 15 is 0 Å². The number of benzene rings is 1. The van der Waals surface area contributed by atoms with Crippen LogP contribution in [0.3, 0.4) is 0 Å². The zero-order chi connectivity index (χ0) is 16.4. The summed E-state index contributed by atoms with van der Waals surface area (Å²) in [5.74, 6) is 0.0202. The average molecular weight is 332 g/mol. The lowest BCUT2D eigenvalue weighted by atomic mass is 10.0. The number of hydrogen-bond donors (Lipinski definition) is 1. The Balaban J connectivity index is 1.61. The van der Waals surface area contributed by atoms with E-state index in [-0.39, 0.29) is 24.2 Å². The number of nitrogens with one attached hydrogen (secondary N) is 1. The highest BCUT2D eigenvalue weighted by Crippen LogP contribution is 2.32. The van der Waals surface area contributed by atoms with E-state index in [1.165, 1.54) is 12.8 Å². The van der Waals surface area contributed by atoms with E-state index in [4.69, 9.17) is 11.6 Å². The van der Waals surface area contributed by atoms with E-state index in [0.717, 1.165) is 6.54 Å². The molecule has 1 saturated carbocycles. The number of nitrogens with zero attached hydrogens (tertiary/aromatic N) is 2. The molecule has 2 amide bonds. The summed E-state index contributed by atoms with van der Waals surface area (Å²) in [5, 5.41) is 12.5. The third-order valence-corrected chi connectivity index (χ3v) is 4.59. The van der Waals surface area contributed by atoms with Crippen LogP contribution in [0.25, 0.3) is 0 Å². The summed E-state index contributed by atoms with van der Waals surface area (Å²) in [6.45, 7) is 1.22. The van der Waals surface area contributed by atoms with Crippen LogP contribution in [0.1, 0.15) is 30.9 Å². The number of carbonyl (C=O) groups excluding carboxylic acids is 2. The van der Waals surface area contributed by atoms with E-state index in [1.807, 2.05) is 0 Å². The van der Waals surface area contributed by atoms with Gasteiger partial charge in [0, 0.05) is 24.5 Å².